The molecule has 0 radical (unpaired) electrons. The normalized spacial score (nSPS) is 12.4. The zero-order chi connectivity index (χ0) is 9.71. The minimum Gasteiger partial charge on any atom is -0.288 e. The highest BCUT2D eigenvalue weighted by Crippen LogP contribution is 2.44. The predicted octanol–water partition coefficient (Wildman–Crippen LogP) is 3.00. The van der Waals surface area contributed by atoms with Crippen molar-refractivity contribution in [2.24, 2.45) is 0 Å². The largest absolute Gasteiger partial charge is 0.288 e. The van der Waals surface area contributed by atoms with E-state index in [2.05, 4.69) is 5.92 Å². The van der Waals surface area contributed by atoms with Gasteiger partial charge in [0.05, 0.1) is 14.6 Å². The number of rotatable bonds is 0. The summed E-state index contributed by atoms with van der Waals surface area (Å²) in [6, 6.07) is 3.69. The third-order valence-electron chi connectivity index (χ3n) is 2.24. The van der Waals surface area contributed by atoms with Crippen molar-refractivity contribution >= 4 is 28.5 Å². The first-order valence-electron chi connectivity index (χ1n) is 4.04. The van der Waals surface area contributed by atoms with Crippen LogP contribution in [-0.4, -0.2) is 5.78 Å². The maximum Gasteiger partial charge on any atom is 0.196 e. The molecule has 3 heteroatoms. The molecule has 14 heavy (non-hydrogen) atoms. The first kappa shape index (κ1) is 7.98. The van der Waals surface area contributed by atoms with Gasteiger partial charge in [0.15, 0.2) is 5.78 Å². The number of hydrogen-bond donors (Lipinski definition) is 0. The molecule has 0 atom stereocenters. The summed E-state index contributed by atoms with van der Waals surface area (Å²) >= 11 is 3.13. The molecule has 0 saturated heterocycles. The van der Waals surface area contributed by atoms with Gasteiger partial charge in [0.2, 0.25) is 0 Å². The minimum atomic E-state index is 0.119. The summed E-state index contributed by atoms with van der Waals surface area (Å²) in [4.78, 5) is 14.8. The van der Waals surface area contributed by atoms with E-state index in [1.165, 1.54) is 11.3 Å². The summed E-state index contributed by atoms with van der Waals surface area (Å²) in [5.41, 5.74) is 1.62. The molecule has 0 aliphatic heterocycles. The third-order valence-corrected chi connectivity index (χ3v) is 4.38. The second kappa shape index (κ2) is 2.57. The average Bonchev–Trinajstić information content (AvgIpc) is 2.84. The van der Waals surface area contributed by atoms with Crippen LogP contribution in [0.3, 0.4) is 0 Å². The average molecular weight is 216 g/mol. The Morgan fingerprint density at radius 2 is 2.14 bits per heavy atom. The summed E-state index contributed by atoms with van der Waals surface area (Å²) in [7, 11) is 0. The van der Waals surface area contributed by atoms with Crippen molar-refractivity contribution < 1.29 is 4.79 Å². The Balaban J connectivity index is 2.36. The molecule has 2 heterocycles. The highest BCUT2D eigenvalue weighted by atomic mass is 32.1. The molecular formula is C11H4OS2. The van der Waals surface area contributed by atoms with Crippen LogP contribution in [0.15, 0.2) is 17.5 Å². The van der Waals surface area contributed by atoms with Crippen LogP contribution >= 0.6 is 22.7 Å². The Labute approximate surface area is 89.0 Å². The van der Waals surface area contributed by atoms with Crippen molar-refractivity contribution in [3.05, 3.63) is 33.5 Å². The van der Waals surface area contributed by atoms with Crippen molar-refractivity contribution in [1.29, 1.82) is 0 Å². The summed E-state index contributed by atoms with van der Waals surface area (Å²) in [6.07, 6.45) is 5.30. The smallest absolute Gasteiger partial charge is 0.196 e. The van der Waals surface area contributed by atoms with E-state index in [-0.39, 0.29) is 5.78 Å². The molecule has 2 aromatic heterocycles. The quantitative estimate of drug-likeness (QED) is 0.528. The Bertz CT molecular complexity index is 581. The first-order valence-corrected chi connectivity index (χ1v) is 5.74. The molecule has 0 amide bonds. The molecule has 1 nitrogen and oxygen atoms in total. The fraction of sp³-hybridized carbons (Fsp3) is 0. The van der Waals surface area contributed by atoms with E-state index in [4.69, 9.17) is 6.42 Å². The molecule has 2 aromatic rings. The van der Waals surface area contributed by atoms with Crippen LogP contribution in [0.5, 0.6) is 0 Å². The number of ketones is 1. The van der Waals surface area contributed by atoms with E-state index in [1.807, 2.05) is 17.5 Å². The van der Waals surface area contributed by atoms with E-state index in [1.54, 1.807) is 11.3 Å². The van der Waals surface area contributed by atoms with Crippen LogP contribution in [-0.2, 0) is 0 Å². The number of carbonyl (C=O) groups excluding carboxylic acids is 1. The second-order valence-electron chi connectivity index (χ2n) is 2.99. The molecule has 1 aliphatic rings. The van der Waals surface area contributed by atoms with E-state index in [0.29, 0.717) is 0 Å². The number of fused-ring (bicyclic) bond motifs is 3. The van der Waals surface area contributed by atoms with E-state index in [9.17, 15) is 4.79 Å². The topological polar surface area (TPSA) is 17.1 Å². The van der Waals surface area contributed by atoms with Gasteiger partial charge in [-0.05, 0) is 17.5 Å². The van der Waals surface area contributed by atoms with Crippen molar-refractivity contribution in [1.82, 2.24) is 0 Å². The third kappa shape index (κ3) is 0.822. The molecule has 0 spiro atoms. The van der Waals surface area contributed by atoms with Crippen LogP contribution in [0.25, 0.3) is 9.75 Å². The van der Waals surface area contributed by atoms with Gasteiger partial charge in [-0.2, -0.15) is 0 Å². The van der Waals surface area contributed by atoms with Gasteiger partial charge in [0.25, 0.3) is 0 Å². The van der Waals surface area contributed by atoms with Crippen molar-refractivity contribution in [2.45, 2.75) is 0 Å². The van der Waals surface area contributed by atoms with Gasteiger partial charge >= 0.3 is 0 Å². The summed E-state index contributed by atoms with van der Waals surface area (Å²) in [6.45, 7) is 0. The molecule has 1 aliphatic carbocycles. The van der Waals surface area contributed by atoms with Crippen LogP contribution in [0.4, 0.5) is 0 Å². The molecule has 0 unspecified atom stereocenters. The Hall–Kier alpha value is -1.37. The molecule has 0 fully saturated rings. The lowest BCUT2D eigenvalue weighted by Crippen LogP contribution is -1.91. The van der Waals surface area contributed by atoms with E-state index < -0.39 is 0 Å². The SMILES string of the molecule is C#Cc1cc2c(s1)-c1sccc1C2=O. The summed E-state index contributed by atoms with van der Waals surface area (Å²) in [5.74, 6) is 2.69. The Morgan fingerprint density at radius 1 is 1.29 bits per heavy atom. The maximum atomic E-state index is 11.8. The lowest BCUT2D eigenvalue weighted by atomic mass is 10.2. The minimum absolute atomic E-state index is 0.119. The van der Waals surface area contributed by atoms with Crippen LogP contribution in [0, 0.1) is 12.3 Å². The van der Waals surface area contributed by atoms with Crippen molar-refractivity contribution in [3.63, 3.8) is 0 Å². The standard InChI is InChI=1S/C11H4OS2/c1-2-6-5-8-9(12)7-3-4-13-10(7)11(8)14-6/h1,3-5H. The number of carbonyl (C=O) groups is 1. The summed E-state index contributed by atoms with van der Waals surface area (Å²) in [5, 5.41) is 1.95. The van der Waals surface area contributed by atoms with Crippen molar-refractivity contribution in [3.8, 4) is 22.1 Å². The maximum absolute atomic E-state index is 11.8. The number of hydrogen-bond acceptors (Lipinski definition) is 3. The zero-order valence-electron chi connectivity index (χ0n) is 7.03. The van der Waals surface area contributed by atoms with Gasteiger partial charge in [-0.15, -0.1) is 29.1 Å². The molecule has 3 rings (SSSR count). The highest BCUT2D eigenvalue weighted by molar-refractivity contribution is 7.22. The monoisotopic (exact) mass is 216 g/mol. The molecule has 0 saturated carbocycles. The first-order chi connectivity index (χ1) is 6.81. The fourth-order valence-electron chi connectivity index (χ4n) is 1.61. The summed E-state index contributed by atoms with van der Waals surface area (Å²) < 4.78 is 0. The number of terminal acetylenes is 1. The fourth-order valence-corrected chi connectivity index (χ4v) is 3.64. The lowest BCUT2D eigenvalue weighted by molar-refractivity contribution is 0.104. The molecule has 0 bridgehead atoms. The Kier molecular flexibility index (Phi) is 1.46. The Morgan fingerprint density at radius 3 is 2.93 bits per heavy atom. The van der Waals surface area contributed by atoms with Gasteiger partial charge < -0.3 is 0 Å². The van der Waals surface area contributed by atoms with Gasteiger partial charge in [0, 0.05) is 11.1 Å². The number of thiophene rings is 2. The van der Waals surface area contributed by atoms with Crippen LogP contribution in [0.1, 0.15) is 20.8 Å². The van der Waals surface area contributed by atoms with Gasteiger partial charge in [-0.25, -0.2) is 0 Å². The van der Waals surface area contributed by atoms with E-state index in [0.717, 1.165) is 25.8 Å². The molecule has 0 N–H and O–H groups in total. The van der Waals surface area contributed by atoms with Gasteiger partial charge in [-0.3, -0.25) is 4.79 Å². The molecular weight excluding hydrogens is 212 g/mol. The zero-order valence-corrected chi connectivity index (χ0v) is 8.67. The second-order valence-corrected chi connectivity index (χ2v) is 4.96. The van der Waals surface area contributed by atoms with Crippen LogP contribution in [0.2, 0.25) is 0 Å². The molecule has 66 valence electrons. The highest BCUT2D eigenvalue weighted by Gasteiger charge is 2.29. The van der Waals surface area contributed by atoms with Gasteiger partial charge in [0.1, 0.15) is 0 Å². The van der Waals surface area contributed by atoms with Gasteiger partial charge in [-0.1, -0.05) is 5.92 Å². The van der Waals surface area contributed by atoms with Crippen molar-refractivity contribution in [2.75, 3.05) is 0 Å². The van der Waals surface area contributed by atoms with Crippen LogP contribution < -0.4 is 0 Å². The predicted molar refractivity (Wildman–Crippen MR) is 59.0 cm³/mol. The lowest BCUT2D eigenvalue weighted by Gasteiger charge is -1.85. The molecule has 0 aromatic carbocycles. The van der Waals surface area contributed by atoms with E-state index >= 15 is 0 Å².